The van der Waals surface area contributed by atoms with Gasteiger partial charge in [0.05, 0.1) is 18.2 Å². The van der Waals surface area contributed by atoms with E-state index in [1.807, 2.05) is 25.1 Å². The van der Waals surface area contributed by atoms with E-state index in [2.05, 4.69) is 15.5 Å². The molecule has 18 heavy (non-hydrogen) atoms. The van der Waals surface area contributed by atoms with Crippen molar-refractivity contribution in [2.75, 3.05) is 0 Å². The van der Waals surface area contributed by atoms with Gasteiger partial charge in [-0.15, -0.1) is 0 Å². The van der Waals surface area contributed by atoms with Crippen LogP contribution >= 0.6 is 0 Å². The van der Waals surface area contributed by atoms with Gasteiger partial charge in [-0.05, 0) is 18.6 Å². The number of pyridine rings is 1. The molecule has 0 aliphatic carbocycles. The maximum atomic E-state index is 11.9. The number of amides is 1. The summed E-state index contributed by atoms with van der Waals surface area (Å²) in [5.41, 5.74) is 6.26. The Morgan fingerprint density at radius 2 is 2.39 bits per heavy atom. The van der Waals surface area contributed by atoms with Gasteiger partial charge in [0.2, 0.25) is 5.91 Å². The van der Waals surface area contributed by atoms with Gasteiger partial charge in [0.1, 0.15) is 0 Å². The minimum atomic E-state index is -0.594. The molecule has 0 saturated heterocycles. The number of hydrogen-bond acceptors (Lipinski definition) is 4. The summed E-state index contributed by atoms with van der Waals surface area (Å²) in [7, 11) is 0. The Morgan fingerprint density at radius 1 is 1.61 bits per heavy atom. The summed E-state index contributed by atoms with van der Waals surface area (Å²) in [6, 6.07) is 5.47. The monoisotopic (exact) mass is 250 g/mol. The van der Waals surface area contributed by atoms with E-state index in [0.29, 0.717) is 13.0 Å². The van der Waals surface area contributed by atoms with Crippen molar-refractivity contribution in [3.63, 3.8) is 0 Å². The molecule has 1 rings (SSSR count). The number of rotatable bonds is 6. The standard InChI is InChI=1S/C12H18N4O2/c1-2-5-10(11(13)16-18)12(17)15-8-9-6-3-4-7-14-9/h3-4,6-7,10,18H,2,5,8H2,1H3,(H2,13,16)(H,15,17). The highest BCUT2D eigenvalue weighted by Crippen LogP contribution is 2.07. The van der Waals surface area contributed by atoms with E-state index in [9.17, 15) is 4.79 Å². The first-order chi connectivity index (χ1) is 8.69. The van der Waals surface area contributed by atoms with Gasteiger partial charge in [0.15, 0.2) is 5.84 Å². The average molecular weight is 250 g/mol. The summed E-state index contributed by atoms with van der Waals surface area (Å²) in [5.74, 6) is -0.906. The van der Waals surface area contributed by atoms with E-state index in [1.54, 1.807) is 6.20 Å². The van der Waals surface area contributed by atoms with Gasteiger partial charge >= 0.3 is 0 Å². The van der Waals surface area contributed by atoms with Crippen molar-refractivity contribution in [3.05, 3.63) is 30.1 Å². The fourth-order valence-corrected chi connectivity index (χ4v) is 1.58. The van der Waals surface area contributed by atoms with Crippen molar-refractivity contribution in [1.82, 2.24) is 10.3 Å². The molecular formula is C12H18N4O2. The Kier molecular flexibility index (Phi) is 5.63. The molecule has 0 aromatic carbocycles. The molecule has 1 aromatic heterocycles. The quantitative estimate of drug-likeness (QED) is 0.301. The first-order valence-electron chi connectivity index (χ1n) is 5.84. The van der Waals surface area contributed by atoms with Crippen molar-refractivity contribution in [1.29, 1.82) is 0 Å². The summed E-state index contributed by atoms with van der Waals surface area (Å²) in [4.78, 5) is 16.0. The molecule has 1 unspecified atom stereocenters. The normalized spacial score (nSPS) is 13.1. The molecule has 6 heteroatoms. The summed E-state index contributed by atoms with van der Waals surface area (Å²) >= 11 is 0. The third kappa shape index (κ3) is 4.04. The predicted octanol–water partition coefficient (Wildman–Crippen LogP) is 0.861. The van der Waals surface area contributed by atoms with Crippen LogP contribution in [0.1, 0.15) is 25.5 Å². The molecule has 0 aliphatic heterocycles. The van der Waals surface area contributed by atoms with Crippen molar-refractivity contribution in [2.45, 2.75) is 26.3 Å². The van der Waals surface area contributed by atoms with E-state index in [-0.39, 0.29) is 11.7 Å². The second kappa shape index (κ2) is 7.26. The van der Waals surface area contributed by atoms with Gasteiger partial charge in [-0.1, -0.05) is 24.6 Å². The lowest BCUT2D eigenvalue weighted by molar-refractivity contribution is -0.123. The summed E-state index contributed by atoms with van der Waals surface area (Å²) in [6.45, 7) is 2.27. The molecule has 0 fully saturated rings. The zero-order chi connectivity index (χ0) is 13.4. The fraction of sp³-hybridized carbons (Fsp3) is 0.417. The smallest absolute Gasteiger partial charge is 0.231 e. The van der Waals surface area contributed by atoms with Crippen LogP contribution in [0.2, 0.25) is 0 Å². The maximum absolute atomic E-state index is 11.9. The second-order valence-electron chi connectivity index (χ2n) is 3.91. The minimum Gasteiger partial charge on any atom is -0.409 e. The van der Waals surface area contributed by atoms with Crippen LogP contribution < -0.4 is 11.1 Å². The van der Waals surface area contributed by atoms with Crippen LogP contribution in [0.3, 0.4) is 0 Å². The van der Waals surface area contributed by atoms with Crippen molar-refractivity contribution in [2.24, 2.45) is 16.8 Å². The minimum absolute atomic E-state index is 0.0598. The molecule has 6 nitrogen and oxygen atoms in total. The first kappa shape index (κ1) is 14.0. The third-order valence-electron chi connectivity index (χ3n) is 2.54. The molecule has 4 N–H and O–H groups in total. The largest absolute Gasteiger partial charge is 0.409 e. The zero-order valence-electron chi connectivity index (χ0n) is 10.3. The van der Waals surface area contributed by atoms with Crippen LogP contribution in [0.5, 0.6) is 0 Å². The number of carbonyl (C=O) groups is 1. The lowest BCUT2D eigenvalue weighted by Crippen LogP contribution is -2.38. The highest BCUT2D eigenvalue weighted by Gasteiger charge is 2.21. The molecule has 0 aliphatic rings. The first-order valence-corrected chi connectivity index (χ1v) is 5.84. The second-order valence-corrected chi connectivity index (χ2v) is 3.91. The Bertz CT molecular complexity index is 406. The molecule has 0 saturated carbocycles. The highest BCUT2D eigenvalue weighted by molar-refractivity contribution is 6.01. The number of oxime groups is 1. The molecule has 1 atom stereocenters. The number of hydrogen-bond donors (Lipinski definition) is 3. The number of nitrogens with zero attached hydrogens (tertiary/aromatic N) is 2. The number of nitrogens with one attached hydrogen (secondary N) is 1. The summed E-state index contributed by atoms with van der Waals surface area (Å²) in [5, 5.41) is 14.3. The van der Waals surface area contributed by atoms with Crippen LogP contribution in [0.15, 0.2) is 29.6 Å². The van der Waals surface area contributed by atoms with Crippen LogP contribution in [0.25, 0.3) is 0 Å². The Balaban J connectivity index is 2.57. The molecule has 1 amide bonds. The van der Waals surface area contributed by atoms with Crippen molar-refractivity contribution in [3.8, 4) is 0 Å². The van der Waals surface area contributed by atoms with Gasteiger partial charge in [-0.2, -0.15) is 0 Å². The molecule has 0 radical (unpaired) electrons. The zero-order valence-corrected chi connectivity index (χ0v) is 10.3. The molecule has 1 aromatic rings. The molecule has 0 bridgehead atoms. The maximum Gasteiger partial charge on any atom is 0.231 e. The number of aromatic nitrogens is 1. The van der Waals surface area contributed by atoms with Crippen LogP contribution in [0.4, 0.5) is 0 Å². The Hall–Kier alpha value is -2.11. The highest BCUT2D eigenvalue weighted by atomic mass is 16.4. The van der Waals surface area contributed by atoms with E-state index >= 15 is 0 Å². The fourth-order valence-electron chi connectivity index (χ4n) is 1.58. The van der Waals surface area contributed by atoms with E-state index in [1.165, 1.54) is 0 Å². The molecular weight excluding hydrogens is 232 g/mol. The van der Waals surface area contributed by atoms with Crippen LogP contribution in [0, 0.1) is 5.92 Å². The van der Waals surface area contributed by atoms with Crippen molar-refractivity contribution >= 4 is 11.7 Å². The van der Waals surface area contributed by atoms with Gasteiger partial charge in [-0.25, -0.2) is 0 Å². The van der Waals surface area contributed by atoms with Gasteiger partial charge < -0.3 is 16.3 Å². The molecule has 98 valence electrons. The van der Waals surface area contributed by atoms with Gasteiger partial charge in [0.25, 0.3) is 0 Å². The SMILES string of the molecule is CCCC(C(=O)NCc1ccccn1)C(N)=NO. The number of amidine groups is 1. The number of carbonyl (C=O) groups excluding carboxylic acids is 1. The topological polar surface area (TPSA) is 101 Å². The Labute approximate surface area is 106 Å². The van der Waals surface area contributed by atoms with E-state index < -0.39 is 5.92 Å². The van der Waals surface area contributed by atoms with Crippen LogP contribution in [-0.2, 0) is 11.3 Å². The predicted molar refractivity (Wildman–Crippen MR) is 67.9 cm³/mol. The number of nitrogens with two attached hydrogens (primary N) is 1. The van der Waals surface area contributed by atoms with Gasteiger partial charge in [-0.3, -0.25) is 9.78 Å². The molecule has 1 heterocycles. The lowest BCUT2D eigenvalue weighted by Gasteiger charge is -2.14. The summed E-state index contributed by atoms with van der Waals surface area (Å²) < 4.78 is 0. The third-order valence-corrected chi connectivity index (χ3v) is 2.54. The van der Waals surface area contributed by atoms with E-state index in [0.717, 1.165) is 12.1 Å². The Morgan fingerprint density at radius 3 is 2.94 bits per heavy atom. The summed E-state index contributed by atoms with van der Waals surface area (Å²) in [6.07, 6.45) is 2.98. The lowest BCUT2D eigenvalue weighted by atomic mass is 10.0. The molecule has 0 spiro atoms. The van der Waals surface area contributed by atoms with Crippen LogP contribution in [-0.4, -0.2) is 21.9 Å². The van der Waals surface area contributed by atoms with E-state index in [4.69, 9.17) is 10.9 Å². The van der Waals surface area contributed by atoms with Gasteiger partial charge in [0, 0.05) is 6.20 Å². The van der Waals surface area contributed by atoms with Crippen molar-refractivity contribution < 1.29 is 10.0 Å². The average Bonchev–Trinajstić information content (AvgIpc) is 2.42.